The van der Waals surface area contributed by atoms with Crippen molar-refractivity contribution >= 4 is 0 Å². The Bertz CT molecular complexity index is 900. The van der Waals surface area contributed by atoms with Gasteiger partial charge in [0.15, 0.2) is 6.61 Å². The molecule has 1 saturated heterocycles. The lowest BCUT2D eigenvalue weighted by Crippen LogP contribution is -2.15. The molecular weight excluding hydrogens is 334 g/mol. The van der Waals surface area contributed by atoms with E-state index >= 15 is 0 Å². The van der Waals surface area contributed by atoms with Crippen LogP contribution in [0.2, 0.25) is 0 Å². The fourth-order valence-corrected chi connectivity index (χ4v) is 3.01. The summed E-state index contributed by atoms with van der Waals surface area (Å²) >= 11 is 0. The van der Waals surface area contributed by atoms with Crippen molar-refractivity contribution < 1.29 is 13.9 Å². The summed E-state index contributed by atoms with van der Waals surface area (Å²) < 4.78 is 19.0. The van der Waals surface area contributed by atoms with Crippen LogP contribution in [0, 0.1) is 17.2 Å². The van der Waals surface area contributed by atoms with Crippen molar-refractivity contribution in [2.24, 2.45) is 5.92 Å². The van der Waals surface area contributed by atoms with Gasteiger partial charge in [0.2, 0.25) is 5.89 Å². The van der Waals surface area contributed by atoms with Gasteiger partial charge in [0.05, 0.1) is 5.56 Å². The summed E-state index contributed by atoms with van der Waals surface area (Å²) in [6, 6.07) is 11.0. The Hall–Kier alpha value is -3.18. The zero-order valence-corrected chi connectivity index (χ0v) is 14.0. The first kappa shape index (κ1) is 16.3. The summed E-state index contributed by atoms with van der Waals surface area (Å²) in [5, 5.41) is 21.5. The smallest absolute Gasteiger partial charge is 0.254 e. The molecule has 0 N–H and O–H groups in total. The summed E-state index contributed by atoms with van der Waals surface area (Å²) in [4.78, 5) is 0. The van der Waals surface area contributed by atoms with E-state index in [4.69, 9.17) is 19.2 Å². The van der Waals surface area contributed by atoms with Gasteiger partial charge in [-0.15, -0.1) is 10.2 Å². The van der Waals surface area contributed by atoms with Gasteiger partial charge in [-0.3, -0.25) is 4.68 Å². The number of aromatic nitrogens is 4. The average Bonchev–Trinajstić information content (AvgIpc) is 3.42. The molecule has 1 aliphatic heterocycles. The van der Waals surface area contributed by atoms with Gasteiger partial charge in [-0.2, -0.15) is 10.4 Å². The molecule has 2 atom stereocenters. The second-order valence-electron chi connectivity index (χ2n) is 6.00. The molecule has 0 saturated carbocycles. The maximum atomic E-state index is 9.09. The van der Waals surface area contributed by atoms with Crippen LogP contribution in [0.5, 0.6) is 5.75 Å². The topological polar surface area (TPSA) is 99.0 Å². The third-order valence-corrected chi connectivity index (χ3v) is 4.28. The highest BCUT2D eigenvalue weighted by atomic mass is 16.5. The van der Waals surface area contributed by atoms with E-state index in [9.17, 15) is 0 Å². The summed E-state index contributed by atoms with van der Waals surface area (Å²) in [5.74, 6) is 1.51. The van der Waals surface area contributed by atoms with Crippen LogP contribution in [-0.2, 0) is 17.9 Å². The van der Waals surface area contributed by atoms with Crippen molar-refractivity contribution in [1.82, 2.24) is 20.0 Å². The number of para-hydroxylation sites is 1. The maximum absolute atomic E-state index is 9.09. The minimum absolute atomic E-state index is 0.0994. The van der Waals surface area contributed by atoms with E-state index in [-0.39, 0.29) is 18.6 Å². The standard InChI is InChI=1S/C18H17N5O3/c19-10-13-4-1-2-5-15(13)25-12-16-21-22-18(26-16)17-14(6-9-24-17)11-23-8-3-7-20-23/h1-5,7-8,14,17H,6,9,11-12H2/t14-,17-/m0/s1. The van der Waals surface area contributed by atoms with Crippen molar-refractivity contribution in [2.45, 2.75) is 25.7 Å². The largest absolute Gasteiger partial charge is 0.482 e. The molecule has 3 heterocycles. The Kier molecular flexibility index (Phi) is 4.62. The van der Waals surface area contributed by atoms with Crippen LogP contribution >= 0.6 is 0 Å². The van der Waals surface area contributed by atoms with Gasteiger partial charge in [-0.1, -0.05) is 12.1 Å². The Morgan fingerprint density at radius 2 is 2.19 bits per heavy atom. The van der Waals surface area contributed by atoms with Crippen molar-refractivity contribution in [3.63, 3.8) is 0 Å². The molecule has 8 nitrogen and oxygen atoms in total. The fourth-order valence-electron chi connectivity index (χ4n) is 3.01. The van der Waals surface area contributed by atoms with Gasteiger partial charge in [0, 0.05) is 31.5 Å². The molecule has 1 aliphatic rings. The molecule has 1 fully saturated rings. The van der Waals surface area contributed by atoms with Crippen LogP contribution in [0.1, 0.15) is 29.9 Å². The first-order valence-corrected chi connectivity index (χ1v) is 8.36. The molecular formula is C18H17N5O3. The quantitative estimate of drug-likeness (QED) is 0.672. The normalized spacial score (nSPS) is 19.3. The van der Waals surface area contributed by atoms with E-state index in [1.165, 1.54) is 0 Å². The minimum atomic E-state index is -0.244. The molecule has 1 aromatic carbocycles. The number of ether oxygens (including phenoxy) is 2. The van der Waals surface area contributed by atoms with E-state index in [2.05, 4.69) is 21.4 Å². The van der Waals surface area contributed by atoms with Gasteiger partial charge in [-0.25, -0.2) is 0 Å². The second-order valence-corrected chi connectivity index (χ2v) is 6.00. The third kappa shape index (κ3) is 3.43. The van der Waals surface area contributed by atoms with Crippen molar-refractivity contribution in [1.29, 1.82) is 5.26 Å². The molecule has 0 aliphatic carbocycles. The van der Waals surface area contributed by atoms with E-state index in [0.29, 0.717) is 29.7 Å². The monoisotopic (exact) mass is 351 g/mol. The molecule has 0 bridgehead atoms. The summed E-state index contributed by atoms with van der Waals surface area (Å²) in [5.41, 5.74) is 0.464. The summed E-state index contributed by atoms with van der Waals surface area (Å²) in [6.45, 7) is 1.49. The number of nitriles is 1. The highest BCUT2D eigenvalue weighted by molar-refractivity contribution is 5.42. The van der Waals surface area contributed by atoms with Gasteiger partial charge in [0.1, 0.15) is 17.9 Å². The Balaban J connectivity index is 1.42. The lowest BCUT2D eigenvalue weighted by molar-refractivity contribution is 0.0609. The van der Waals surface area contributed by atoms with Gasteiger partial charge in [0.25, 0.3) is 5.89 Å². The molecule has 8 heteroatoms. The molecule has 0 amide bonds. The molecule has 0 radical (unpaired) electrons. The van der Waals surface area contributed by atoms with Crippen molar-refractivity contribution in [3.05, 3.63) is 60.1 Å². The van der Waals surface area contributed by atoms with E-state index in [0.717, 1.165) is 13.0 Å². The zero-order chi connectivity index (χ0) is 17.8. The molecule has 3 aromatic rings. The van der Waals surface area contributed by atoms with Crippen LogP contribution in [0.25, 0.3) is 0 Å². The third-order valence-electron chi connectivity index (χ3n) is 4.28. The minimum Gasteiger partial charge on any atom is -0.482 e. The maximum Gasteiger partial charge on any atom is 0.254 e. The van der Waals surface area contributed by atoms with E-state index < -0.39 is 0 Å². The molecule has 0 unspecified atom stereocenters. The van der Waals surface area contributed by atoms with Gasteiger partial charge in [-0.05, 0) is 24.6 Å². The first-order chi connectivity index (χ1) is 12.8. The second kappa shape index (κ2) is 7.37. The van der Waals surface area contributed by atoms with Crippen molar-refractivity contribution in [2.75, 3.05) is 6.61 Å². The lowest BCUT2D eigenvalue weighted by Gasteiger charge is -2.14. The highest BCUT2D eigenvalue weighted by Gasteiger charge is 2.34. The summed E-state index contributed by atoms with van der Waals surface area (Å²) in [6.07, 6.45) is 4.35. The van der Waals surface area contributed by atoms with Gasteiger partial charge >= 0.3 is 0 Å². The number of hydrogen-bond donors (Lipinski definition) is 0. The highest BCUT2D eigenvalue weighted by Crippen LogP contribution is 2.34. The number of benzene rings is 1. The average molecular weight is 351 g/mol. The predicted octanol–water partition coefficient (Wildman–Crippen LogP) is 2.49. The molecule has 2 aromatic heterocycles. The number of nitrogens with zero attached hydrogens (tertiary/aromatic N) is 5. The van der Waals surface area contributed by atoms with Crippen LogP contribution in [0.4, 0.5) is 0 Å². The van der Waals surface area contributed by atoms with E-state index in [1.54, 1.807) is 24.4 Å². The van der Waals surface area contributed by atoms with Crippen LogP contribution in [0.3, 0.4) is 0 Å². The van der Waals surface area contributed by atoms with Gasteiger partial charge < -0.3 is 13.9 Å². The summed E-state index contributed by atoms with van der Waals surface area (Å²) in [7, 11) is 0. The predicted molar refractivity (Wildman–Crippen MR) is 88.8 cm³/mol. The van der Waals surface area contributed by atoms with Crippen LogP contribution in [0.15, 0.2) is 47.1 Å². The Morgan fingerprint density at radius 3 is 3.04 bits per heavy atom. The van der Waals surface area contributed by atoms with Crippen LogP contribution < -0.4 is 4.74 Å². The molecule has 132 valence electrons. The number of rotatable bonds is 6. The SMILES string of the molecule is N#Cc1ccccc1OCc1nnc([C@H]2OCC[C@H]2Cn2cccn2)o1. The molecule has 0 spiro atoms. The fraction of sp³-hybridized carbons (Fsp3) is 0.333. The van der Waals surface area contributed by atoms with E-state index in [1.807, 2.05) is 23.0 Å². The Labute approximate surface area is 150 Å². The zero-order valence-electron chi connectivity index (χ0n) is 14.0. The first-order valence-electron chi connectivity index (χ1n) is 8.36. The molecule has 26 heavy (non-hydrogen) atoms. The lowest BCUT2D eigenvalue weighted by atomic mass is 10.0. The van der Waals surface area contributed by atoms with Crippen molar-refractivity contribution in [3.8, 4) is 11.8 Å². The Morgan fingerprint density at radius 1 is 1.27 bits per heavy atom. The number of hydrogen-bond acceptors (Lipinski definition) is 7. The van der Waals surface area contributed by atoms with Crippen LogP contribution in [-0.4, -0.2) is 26.6 Å². The molecule has 4 rings (SSSR count).